The minimum absolute atomic E-state index is 0.0423. The molecule has 7 nitrogen and oxygen atoms in total. The molecule has 0 aromatic carbocycles. The number of likely N-dealkylation sites (N-methyl/N-ethyl adjacent to an activating group) is 2. The van der Waals surface area contributed by atoms with Crippen molar-refractivity contribution in [2.75, 3.05) is 37.5 Å². The van der Waals surface area contributed by atoms with Crippen LogP contribution < -0.4 is 16.2 Å². The average molecular weight is 278 g/mol. The molecule has 1 aromatic rings. The quantitative estimate of drug-likeness (QED) is 0.584. The summed E-state index contributed by atoms with van der Waals surface area (Å²) in [6.07, 6.45) is 2.24. The van der Waals surface area contributed by atoms with Crippen molar-refractivity contribution in [1.29, 1.82) is 0 Å². The van der Waals surface area contributed by atoms with Gasteiger partial charge in [0.15, 0.2) is 0 Å². The van der Waals surface area contributed by atoms with Gasteiger partial charge in [-0.1, -0.05) is 0 Å². The molecule has 1 fully saturated rings. The molecule has 1 aliphatic rings. The zero-order valence-corrected chi connectivity index (χ0v) is 12.3. The van der Waals surface area contributed by atoms with Crippen molar-refractivity contribution in [3.05, 3.63) is 11.9 Å². The van der Waals surface area contributed by atoms with E-state index in [1.165, 1.54) is 0 Å². The maximum Gasteiger partial charge on any atom is 0.241 e. The van der Waals surface area contributed by atoms with Crippen LogP contribution in [0.2, 0.25) is 0 Å². The summed E-state index contributed by atoms with van der Waals surface area (Å²) in [7, 11) is 3.50. The number of nitrogens with two attached hydrogens (primary N) is 1. The van der Waals surface area contributed by atoms with Crippen LogP contribution in [0.3, 0.4) is 0 Å². The molecule has 110 valence electrons. The Bertz CT molecular complexity index is 486. The van der Waals surface area contributed by atoms with E-state index < -0.39 is 0 Å². The van der Waals surface area contributed by atoms with Gasteiger partial charge in [0.2, 0.25) is 5.91 Å². The van der Waals surface area contributed by atoms with Crippen molar-refractivity contribution in [3.8, 4) is 0 Å². The van der Waals surface area contributed by atoms with E-state index in [1.54, 1.807) is 25.1 Å². The van der Waals surface area contributed by atoms with Crippen LogP contribution in [0, 0.1) is 0 Å². The molecule has 7 heteroatoms. The summed E-state index contributed by atoms with van der Waals surface area (Å²) in [5, 5.41) is 0. The van der Waals surface area contributed by atoms with Crippen molar-refractivity contribution in [2.24, 2.45) is 5.84 Å². The van der Waals surface area contributed by atoms with Crippen LogP contribution in [0.15, 0.2) is 6.07 Å². The van der Waals surface area contributed by atoms with Crippen LogP contribution >= 0.6 is 0 Å². The molecular weight excluding hydrogens is 256 g/mol. The van der Waals surface area contributed by atoms with Crippen molar-refractivity contribution < 1.29 is 4.79 Å². The molecule has 0 saturated heterocycles. The predicted octanol–water partition coefficient (Wildman–Crippen LogP) is 0.554. The number of hydrazine groups is 1. The lowest BCUT2D eigenvalue weighted by molar-refractivity contribution is -0.127. The molecule has 0 unspecified atom stereocenters. The van der Waals surface area contributed by atoms with E-state index in [9.17, 15) is 4.79 Å². The van der Waals surface area contributed by atoms with Gasteiger partial charge in [-0.05, 0) is 19.8 Å². The van der Waals surface area contributed by atoms with Crippen LogP contribution in [0.4, 0.5) is 11.6 Å². The summed E-state index contributed by atoms with van der Waals surface area (Å²) in [5.41, 5.74) is 2.57. The second-order valence-corrected chi connectivity index (χ2v) is 5.19. The highest BCUT2D eigenvalue weighted by atomic mass is 16.2. The van der Waals surface area contributed by atoms with E-state index in [0.717, 1.165) is 24.5 Å². The summed E-state index contributed by atoms with van der Waals surface area (Å²) in [6.45, 7) is 3.00. The monoisotopic (exact) mass is 278 g/mol. The fourth-order valence-corrected chi connectivity index (χ4v) is 1.87. The molecule has 0 bridgehead atoms. The number of rotatable bonds is 6. The van der Waals surface area contributed by atoms with Crippen LogP contribution in [-0.2, 0) is 4.79 Å². The molecule has 1 amide bonds. The average Bonchev–Trinajstić information content (AvgIpc) is 3.28. The molecule has 1 aromatic heterocycles. The lowest BCUT2D eigenvalue weighted by Gasteiger charge is -2.24. The first-order valence-corrected chi connectivity index (χ1v) is 6.85. The van der Waals surface area contributed by atoms with E-state index >= 15 is 0 Å². The number of anilines is 2. The minimum atomic E-state index is 0.0423. The van der Waals surface area contributed by atoms with Crippen LogP contribution in [0.1, 0.15) is 31.5 Å². The Hall–Kier alpha value is -1.89. The lowest BCUT2D eigenvalue weighted by Crippen LogP contribution is -2.37. The Balaban J connectivity index is 2.23. The Morgan fingerprint density at radius 1 is 1.45 bits per heavy atom. The van der Waals surface area contributed by atoms with Gasteiger partial charge in [-0.25, -0.2) is 15.8 Å². The van der Waals surface area contributed by atoms with Crippen molar-refractivity contribution >= 4 is 17.5 Å². The molecule has 1 aliphatic carbocycles. The number of nitrogens with zero attached hydrogens (tertiary/aromatic N) is 4. The largest absolute Gasteiger partial charge is 0.347 e. The smallest absolute Gasteiger partial charge is 0.241 e. The van der Waals surface area contributed by atoms with E-state index in [-0.39, 0.29) is 5.91 Å². The first-order valence-electron chi connectivity index (χ1n) is 6.85. The fraction of sp³-hybridized carbons (Fsp3) is 0.615. The normalized spacial score (nSPS) is 14.0. The number of nitrogen functional groups attached to an aromatic ring is 1. The molecule has 0 spiro atoms. The highest BCUT2D eigenvalue weighted by molar-refractivity contribution is 5.80. The van der Waals surface area contributed by atoms with Crippen LogP contribution in [0.25, 0.3) is 0 Å². The molecule has 20 heavy (non-hydrogen) atoms. The maximum atomic E-state index is 11.9. The summed E-state index contributed by atoms with van der Waals surface area (Å²) in [6, 6.07) is 1.78. The third-order valence-electron chi connectivity index (χ3n) is 3.35. The van der Waals surface area contributed by atoms with E-state index in [0.29, 0.717) is 24.8 Å². The predicted molar refractivity (Wildman–Crippen MR) is 78.4 cm³/mol. The molecule has 0 radical (unpaired) electrons. The minimum Gasteiger partial charge on any atom is -0.347 e. The van der Waals surface area contributed by atoms with Crippen molar-refractivity contribution in [2.45, 2.75) is 25.7 Å². The van der Waals surface area contributed by atoms with Gasteiger partial charge in [-0.3, -0.25) is 4.79 Å². The van der Waals surface area contributed by atoms with Gasteiger partial charge in [0, 0.05) is 32.6 Å². The van der Waals surface area contributed by atoms with Crippen molar-refractivity contribution in [3.63, 3.8) is 0 Å². The topological polar surface area (TPSA) is 87.4 Å². The second kappa shape index (κ2) is 6.04. The maximum absolute atomic E-state index is 11.9. The van der Waals surface area contributed by atoms with E-state index in [4.69, 9.17) is 5.84 Å². The third kappa shape index (κ3) is 3.36. The number of amides is 1. The van der Waals surface area contributed by atoms with E-state index in [2.05, 4.69) is 15.4 Å². The number of aromatic nitrogens is 2. The van der Waals surface area contributed by atoms with Gasteiger partial charge in [0.1, 0.15) is 17.5 Å². The summed E-state index contributed by atoms with van der Waals surface area (Å²) in [5.74, 6) is 8.09. The Morgan fingerprint density at radius 2 is 2.15 bits per heavy atom. The number of hydrogen-bond acceptors (Lipinski definition) is 6. The summed E-state index contributed by atoms with van der Waals surface area (Å²) < 4.78 is 0. The highest BCUT2D eigenvalue weighted by Gasteiger charge is 2.28. The van der Waals surface area contributed by atoms with Crippen LogP contribution in [-0.4, -0.2) is 48.0 Å². The Labute approximate surface area is 119 Å². The zero-order valence-electron chi connectivity index (χ0n) is 12.3. The van der Waals surface area contributed by atoms with Crippen molar-refractivity contribution in [1.82, 2.24) is 14.9 Å². The third-order valence-corrected chi connectivity index (χ3v) is 3.35. The molecule has 2 rings (SSSR count). The van der Waals surface area contributed by atoms with Crippen LogP contribution in [0.5, 0.6) is 0 Å². The first-order chi connectivity index (χ1) is 9.55. The lowest BCUT2D eigenvalue weighted by atomic mass is 10.3. The summed E-state index contributed by atoms with van der Waals surface area (Å²) in [4.78, 5) is 24.3. The molecule has 1 saturated carbocycles. The van der Waals surface area contributed by atoms with Gasteiger partial charge >= 0.3 is 0 Å². The van der Waals surface area contributed by atoms with Gasteiger partial charge in [-0.2, -0.15) is 0 Å². The first kappa shape index (κ1) is 14.5. The molecular formula is C13H22N6O. The van der Waals surface area contributed by atoms with Gasteiger partial charge in [0.05, 0.1) is 6.54 Å². The zero-order chi connectivity index (χ0) is 14.7. The van der Waals surface area contributed by atoms with Gasteiger partial charge in [-0.15, -0.1) is 0 Å². The number of hydrogen-bond donors (Lipinski definition) is 2. The summed E-state index contributed by atoms with van der Waals surface area (Å²) >= 11 is 0. The standard InChI is InChI=1S/C13H22N6O/c1-4-19(8-12(20)18(2)3)11-7-10(17-14)15-13(16-11)9-5-6-9/h7,9H,4-6,8,14H2,1-3H3,(H,15,16,17). The highest BCUT2D eigenvalue weighted by Crippen LogP contribution is 2.39. The number of nitrogens with one attached hydrogen (secondary N) is 1. The molecule has 0 aliphatic heterocycles. The fourth-order valence-electron chi connectivity index (χ4n) is 1.87. The molecule has 3 N–H and O–H groups in total. The van der Waals surface area contributed by atoms with Gasteiger partial charge in [0.25, 0.3) is 0 Å². The SMILES string of the molecule is CCN(CC(=O)N(C)C)c1cc(NN)nc(C2CC2)n1. The number of carbonyl (C=O) groups is 1. The molecule has 0 atom stereocenters. The Morgan fingerprint density at radius 3 is 2.65 bits per heavy atom. The van der Waals surface area contributed by atoms with E-state index in [1.807, 2.05) is 11.8 Å². The number of carbonyl (C=O) groups excluding carboxylic acids is 1. The molecule has 1 heterocycles. The van der Waals surface area contributed by atoms with Gasteiger partial charge < -0.3 is 15.2 Å². The Kier molecular flexibility index (Phi) is 4.39. The second-order valence-electron chi connectivity index (χ2n) is 5.19.